The minimum absolute atomic E-state index is 0.0430. The van der Waals surface area contributed by atoms with Crippen molar-refractivity contribution in [3.63, 3.8) is 0 Å². The molecule has 1 amide bonds. The fourth-order valence-corrected chi connectivity index (χ4v) is 2.98. The Morgan fingerprint density at radius 2 is 1.55 bits per heavy atom. The summed E-state index contributed by atoms with van der Waals surface area (Å²) in [5, 5.41) is 15.8. The van der Waals surface area contributed by atoms with Gasteiger partial charge in [-0.3, -0.25) is 10.1 Å². The number of nitrogens with one attached hydrogen (secondary N) is 2. The first kappa shape index (κ1) is 25.0. The van der Waals surface area contributed by atoms with Crippen LogP contribution in [0.15, 0.2) is 30.3 Å². The second-order valence-electron chi connectivity index (χ2n) is 10.4. The van der Waals surface area contributed by atoms with Gasteiger partial charge in [0.05, 0.1) is 5.66 Å². The van der Waals surface area contributed by atoms with E-state index in [0.717, 1.165) is 12.0 Å². The van der Waals surface area contributed by atoms with E-state index in [1.165, 1.54) is 0 Å². The van der Waals surface area contributed by atoms with Crippen molar-refractivity contribution in [1.29, 1.82) is 0 Å². The van der Waals surface area contributed by atoms with Gasteiger partial charge in [0.1, 0.15) is 12.6 Å². The number of amides is 1. The highest BCUT2D eigenvalue weighted by molar-refractivity contribution is 5.74. The molecule has 1 rings (SSSR count). The van der Waals surface area contributed by atoms with E-state index >= 15 is 0 Å². The molecule has 0 aliphatic carbocycles. The fraction of sp³-hybridized carbons (Fsp3) is 0.652. The number of alkyl carbamates (subject to hydrolysis) is 1. The predicted molar refractivity (Wildman–Crippen MR) is 115 cm³/mol. The van der Waals surface area contributed by atoms with E-state index in [1.807, 2.05) is 58.0 Å². The fourth-order valence-electron chi connectivity index (χ4n) is 2.98. The number of carboxylic acids is 1. The molecule has 1 unspecified atom stereocenters. The molecule has 6 heteroatoms. The summed E-state index contributed by atoms with van der Waals surface area (Å²) < 4.78 is 5.36. The van der Waals surface area contributed by atoms with E-state index < -0.39 is 23.8 Å². The Bertz CT molecular complexity index is 662. The lowest BCUT2D eigenvalue weighted by Crippen LogP contribution is -2.62. The van der Waals surface area contributed by atoms with Gasteiger partial charge in [0.15, 0.2) is 0 Å². The van der Waals surface area contributed by atoms with Gasteiger partial charge in [0.2, 0.25) is 0 Å². The highest BCUT2D eigenvalue weighted by Crippen LogP contribution is 2.27. The van der Waals surface area contributed by atoms with E-state index in [1.54, 1.807) is 0 Å². The Balaban J connectivity index is 2.88. The first-order chi connectivity index (χ1) is 13.2. The van der Waals surface area contributed by atoms with Crippen LogP contribution in [0.5, 0.6) is 0 Å². The van der Waals surface area contributed by atoms with Crippen molar-refractivity contribution >= 4 is 12.1 Å². The summed E-state index contributed by atoms with van der Waals surface area (Å²) in [5.74, 6) is -0.929. The van der Waals surface area contributed by atoms with Gasteiger partial charge >= 0.3 is 12.1 Å². The first-order valence-corrected chi connectivity index (χ1v) is 10.2. The molecule has 0 heterocycles. The highest BCUT2D eigenvalue weighted by Gasteiger charge is 2.35. The van der Waals surface area contributed by atoms with Crippen molar-refractivity contribution in [3.05, 3.63) is 35.9 Å². The molecule has 6 nitrogen and oxygen atoms in total. The summed E-state index contributed by atoms with van der Waals surface area (Å²) >= 11 is 0. The average molecular weight is 407 g/mol. The number of carboxylic acid groups (broad SMARTS) is 1. The lowest BCUT2D eigenvalue weighted by atomic mass is 9.85. The third kappa shape index (κ3) is 10.9. The quantitative estimate of drug-likeness (QED) is 0.506. The van der Waals surface area contributed by atoms with Gasteiger partial charge in [0, 0.05) is 0 Å². The lowest BCUT2D eigenvalue weighted by molar-refractivity contribution is -0.141. The van der Waals surface area contributed by atoms with Crippen LogP contribution >= 0.6 is 0 Å². The number of hydrogen-bond acceptors (Lipinski definition) is 4. The van der Waals surface area contributed by atoms with Crippen molar-refractivity contribution in [2.45, 2.75) is 86.0 Å². The molecule has 0 saturated heterocycles. The van der Waals surface area contributed by atoms with Crippen LogP contribution in [0.25, 0.3) is 0 Å². The van der Waals surface area contributed by atoms with Crippen molar-refractivity contribution in [2.24, 2.45) is 10.8 Å². The van der Waals surface area contributed by atoms with E-state index in [2.05, 4.69) is 31.4 Å². The van der Waals surface area contributed by atoms with Gasteiger partial charge < -0.3 is 15.2 Å². The van der Waals surface area contributed by atoms with Crippen LogP contribution < -0.4 is 10.6 Å². The third-order valence-corrected chi connectivity index (χ3v) is 4.57. The second kappa shape index (κ2) is 10.1. The van der Waals surface area contributed by atoms with Crippen LogP contribution in [-0.4, -0.2) is 28.9 Å². The zero-order valence-electron chi connectivity index (χ0n) is 19.0. The number of carbonyl (C=O) groups is 2. The Labute approximate surface area is 175 Å². The molecule has 0 aliphatic heterocycles. The van der Waals surface area contributed by atoms with Crippen molar-refractivity contribution < 1.29 is 19.4 Å². The Hall–Kier alpha value is -2.08. The molecule has 0 bridgehead atoms. The number of ether oxygens (including phenoxy) is 1. The number of carbonyl (C=O) groups excluding carboxylic acids is 1. The molecule has 0 saturated carbocycles. The van der Waals surface area contributed by atoms with Crippen molar-refractivity contribution in [2.75, 3.05) is 0 Å². The molecule has 0 spiro atoms. The molecule has 3 N–H and O–H groups in total. The van der Waals surface area contributed by atoms with Gasteiger partial charge in [-0.05, 0) is 42.6 Å². The van der Waals surface area contributed by atoms with Crippen LogP contribution in [0.4, 0.5) is 4.79 Å². The topological polar surface area (TPSA) is 87.7 Å². The van der Waals surface area contributed by atoms with Crippen molar-refractivity contribution in [1.82, 2.24) is 10.6 Å². The smallest absolute Gasteiger partial charge is 0.408 e. The summed E-state index contributed by atoms with van der Waals surface area (Å²) in [6, 6.07) is 8.65. The highest BCUT2D eigenvalue weighted by atomic mass is 16.5. The largest absolute Gasteiger partial charge is 0.480 e. The van der Waals surface area contributed by atoms with E-state index in [9.17, 15) is 14.7 Å². The van der Waals surface area contributed by atoms with Gasteiger partial charge in [-0.1, -0.05) is 71.9 Å². The maximum atomic E-state index is 12.5. The molecule has 2 atom stereocenters. The Kier molecular flexibility index (Phi) is 8.69. The van der Waals surface area contributed by atoms with Crippen molar-refractivity contribution in [3.8, 4) is 0 Å². The van der Waals surface area contributed by atoms with E-state index in [0.29, 0.717) is 12.8 Å². The number of hydrogen-bond donors (Lipinski definition) is 3. The normalized spacial score (nSPS) is 15.3. The summed E-state index contributed by atoms with van der Waals surface area (Å²) in [5.41, 5.74) is -0.144. The van der Waals surface area contributed by atoms with Gasteiger partial charge in [0.25, 0.3) is 0 Å². The first-order valence-electron chi connectivity index (χ1n) is 10.2. The molecular formula is C23H38N2O4. The number of benzene rings is 1. The molecule has 1 aromatic carbocycles. The minimum Gasteiger partial charge on any atom is -0.480 e. The monoisotopic (exact) mass is 406 g/mol. The van der Waals surface area contributed by atoms with Crippen LogP contribution in [0.2, 0.25) is 0 Å². The van der Waals surface area contributed by atoms with Crippen LogP contribution in [-0.2, 0) is 16.1 Å². The Morgan fingerprint density at radius 1 is 0.966 bits per heavy atom. The molecule has 1 aromatic rings. The predicted octanol–water partition coefficient (Wildman–Crippen LogP) is 4.93. The summed E-state index contributed by atoms with van der Waals surface area (Å²) in [4.78, 5) is 24.3. The number of aliphatic carboxylic acids is 1. The zero-order chi connectivity index (χ0) is 22.3. The maximum Gasteiger partial charge on any atom is 0.408 e. The molecule has 0 fully saturated rings. The van der Waals surface area contributed by atoms with E-state index in [4.69, 9.17) is 4.74 Å². The van der Waals surface area contributed by atoms with Crippen LogP contribution in [0.1, 0.15) is 73.3 Å². The Morgan fingerprint density at radius 3 is 2.03 bits per heavy atom. The summed E-state index contributed by atoms with van der Waals surface area (Å²) in [7, 11) is 0. The molecule has 164 valence electrons. The molecule has 29 heavy (non-hydrogen) atoms. The zero-order valence-corrected chi connectivity index (χ0v) is 19.0. The summed E-state index contributed by atoms with van der Waals surface area (Å²) in [6.07, 6.45) is 1.24. The number of rotatable bonds is 9. The average Bonchev–Trinajstić information content (AvgIpc) is 2.57. The SMILES string of the molecule is CC(C)(C)CCC(C)(NC(=O)OCc1ccccc1)N[C@@H](CC(C)(C)C)C(=O)O. The molecule has 0 radical (unpaired) electrons. The van der Waals surface area contributed by atoms with Crippen LogP contribution in [0, 0.1) is 10.8 Å². The van der Waals surface area contributed by atoms with Gasteiger partial charge in [-0.25, -0.2) is 4.79 Å². The lowest BCUT2D eigenvalue weighted by Gasteiger charge is -2.37. The maximum absolute atomic E-state index is 12.5. The standard InChI is InChI=1S/C23H38N2O4/c1-21(2,3)13-14-23(7,24-18(19(26)27)15-22(4,5)6)25-20(28)29-16-17-11-9-8-10-12-17/h8-12,18,24H,13-16H2,1-7H3,(H,25,28)(H,26,27)/t18-,23?/m0/s1. The minimum atomic E-state index is -0.929. The van der Waals surface area contributed by atoms with Gasteiger partial charge in [-0.15, -0.1) is 0 Å². The molecule has 0 aliphatic rings. The van der Waals surface area contributed by atoms with Crippen LogP contribution in [0.3, 0.4) is 0 Å². The molecule has 0 aromatic heterocycles. The third-order valence-electron chi connectivity index (χ3n) is 4.57. The van der Waals surface area contributed by atoms with E-state index in [-0.39, 0.29) is 17.4 Å². The summed E-state index contributed by atoms with van der Waals surface area (Å²) in [6.45, 7) is 14.3. The van der Waals surface area contributed by atoms with Gasteiger partial charge in [-0.2, -0.15) is 0 Å². The second-order valence-corrected chi connectivity index (χ2v) is 10.4. The molecular weight excluding hydrogens is 368 g/mol.